The van der Waals surface area contributed by atoms with E-state index in [9.17, 15) is 0 Å². The van der Waals surface area contributed by atoms with E-state index in [1.165, 1.54) is 34.6 Å². The van der Waals surface area contributed by atoms with Crippen molar-refractivity contribution >= 4 is 36.7 Å². The van der Waals surface area contributed by atoms with Crippen LogP contribution in [0.1, 0.15) is 39.5 Å². The van der Waals surface area contributed by atoms with Crippen LogP contribution >= 0.6 is 21.6 Å². The van der Waals surface area contributed by atoms with Crippen molar-refractivity contribution in [2.45, 2.75) is 48.4 Å². The van der Waals surface area contributed by atoms with E-state index < -0.39 is 15.0 Å². The molecule has 0 saturated heterocycles. The molecule has 0 fully saturated rings. The van der Waals surface area contributed by atoms with Gasteiger partial charge in [-0.15, -0.1) is 0 Å². The first kappa shape index (κ1) is 12.6. The molecule has 0 heterocycles. The zero-order valence-electron chi connectivity index (χ0n) is 7.50. The summed E-state index contributed by atoms with van der Waals surface area (Å²) in [6.07, 6.45) is 5.19. The summed E-state index contributed by atoms with van der Waals surface area (Å²) in [5.74, 6) is 0. The van der Waals surface area contributed by atoms with E-state index in [-0.39, 0.29) is 0 Å². The van der Waals surface area contributed by atoms with Crippen LogP contribution in [0.25, 0.3) is 0 Å². The van der Waals surface area contributed by atoms with E-state index in [2.05, 4.69) is 26.6 Å². The van der Waals surface area contributed by atoms with Gasteiger partial charge in [0.2, 0.25) is 0 Å². The second-order valence-corrected chi connectivity index (χ2v) is 28.9. The maximum absolute atomic E-state index is 6.42. The van der Waals surface area contributed by atoms with Gasteiger partial charge >= 0.3 is 85.1 Å². The van der Waals surface area contributed by atoms with Crippen molar-refractivity contribution in [3.63, 3.8) is 0 Å². The molecule has 0 aliphatic carbocycles. The van der Waals surface area contributed by atoms with Crippen LogP contribution < -0.4 is 0 Å². The van der Waals surface area contributed by atoms with Crippen molar-refractivity contribution < 1.29 is 0 Å². The summed E-state index contributed by atoms with van der Waals surface area (Å²) >= 11 is 1.61. The number of hydrogen-bond acceptors (Lipinski definition) is 0. The van der Waals surface area contributed by atoms with Crippen LogP contribution in [-0.4, -0.2) is 15.0 Å². The quantitative estimate of drug-likeness (QED) is 0.613. The Morgan fingerprint density at radius 1 is 1.09 bits per heavy atom. The Bertz CT molecular complexity index is 86.1. The van der Waals surface area contributed by atoms with Crippen LogP contribution in [-0.2, 0) is 0 Å². The summed E-state index contributed by atoms with van der Waals surface area (Å²) in [5.41, 5.74) is 0. The Labute approximate surface area is 84.4 Å². The molecule has 11 heavy (non-hydrogen) atoms. The first-order chi connectivity index (χ1) is 5.12. The van der Waals surface area contributed by atoms with Gasteiger partial charge in [-0.1, -0.05) is 0 Å². The Morgan fingerprint density at radius 2 is 1.45 bits per heavy atom. The van der Waals surface area contributed by atoms with Gasteiger partial charge in [0.15, 0.2) is 0 Å². The molecule has 0 rings (SSSR count). The van der Waals surface area contributed by atoms with E-state index in [1.54, 1.807) is 0 Å². The van der Waals surface area contributed by atoms with Crippen molar-refractivity contribution in [3.8, 4) is 0 Å². The van der Waals surface area contributed by atoms with Gasteiger partial charge in [0.1, 0.15) is 0 Å². The number of rotatable bonds is 6. The molecule has 0 N–H and O–H groups in total. The van der Waals surface area contributed by atoms with Crippen molar-refractivity contribution in [1.29, 1.82) is 0 Å². The molecule has 68 valence electrons. The molecule has 0 radical (unpaired) electrons. The van der Waals surface area contributed by atoms with Crippen LogP contribution in [0, 0.1) is 0 Å². The van der Waals surface area contributed by atoms with Crippen molar-refractivity contribution in [2.75, 3.05) is 0 Å². The summed E-state index contributed by atoms with van der Waals surface area (Å²) in [5, 5.41) is 0. The van der Waals surface area contributed by atoms with Gasteiger partial charge in [-0.05, 0) is 0 Å². The molecule has 0 aliphatic heterocycles. The second kappa shape index (κ2) is 7.02. The summed E-state index contributed by atoms with van der Waals surface area (Å²) in [4.78, 5) is 0. The predicted octanol–water partition coefficient (Wildman–Crippen LogP) is 4.66. The van der Waals surface area contributed by atoms with E-state index in [1.807, 2.05) is 0 Å². The molecular formula is C8H18BrClSn. The number of hydrogen-bond donors (Lipinski definition) is 0. The Hall–Kier alpha value is 1.57. The van der Waals surface area contributed by atoms with Gasteiger partial charge in [0, 0.05) is 0 Å². The Morgan fingerprint density at radius 3 is 1.73 bits per heavy atom. The number of halogens is 2. The molecule has 0 atom stereocenters. The van der Waals surface area contributed by atoms with Gasteiger partial charge in [0.05, 0.1) is 0 Å². The van der Waals surface area contributed by atoms with Gasteiger partial charge in [0.25, 0.3) is 0 Å². The van der Waals surface area contributed by atoms with Crippen molar-refractivity contribution in [1.82, 2.24) is 0 Å². The molecule has 0 aliphatic rings. The molecule has 0 amide bonds. The van der Waals surface area contributed by atoms with Gasteiger partial charge in [-0.2, -0.15) is 0 Å². The fourth-order valence-corrected chi connectivity index (χ4v) is 12.2. The van der Waals surface area contributed by atoms with Crippen molar-refractivity contribution in [2.24, 2.45) is 0 Å². The zero-order valence-corrected chi connectivity index (χ0v) is 12.7. The number of unbranched alkanes of at least 4 members (excludes halogenated alkanes) is 2. The molecule has 0 saturated carbocycles. The van der Waals surface area contributed by atoms with Crippen LogP contribution in [0.4, 0.5) is 0 Å². The van der Waals surface area contributed by atoms with Crippen LogP contribution in [0.3, 0.4) is 0 Å². The zero-order chi connectivity index (χ0) is 8.74. The van der Waals surface area contributed by atoms with Gasteiger partial charge < -0.3 is 0 Å². The van der Waals surface area contributed by atoms with E-state index in [0.29, 0.717) is 0 Å². The minimum atomic E-state index is -2.15. The van der Waals surface area contributed by atoms with E-state index >= 15 is 0 Å². The first-order valence-corrected chi connectivity index (χ1v) is 18.5. The standard InChI is InChI=1S/2C4H9.BrH.ClH.Sn/c2*1-3-4-2;;;/h2*1,3-4H2,2H3;2*1H;/q;;;;+2/p-2. The molecule has 0 unspecified atom stereocenters. The van der Waals surface area contributed by atoms with Crippen molar-refractivity contribution in [3.05, 3.63) is 0 Å². The Kier molecular flexibility index (Phi) is 8.02. The minimum absolute atomic E-state index is 1.28. The topological polar surface area (TPSA) is 0 Å². The first-order valence-electron chi connectivity index (χ1n) is 4.50. The van der Waals surface area contributed by atoms with Gasteiger partial charge in [-0.3, -0.25) is 0 Å². The third kappa shape index (κ3) is 7.91. The van der Waals surface area contributed by atoms with Gasteiger partial charge in [-0.25, -0.2) is 0 Å². The monoisotopic (exact) mass is 348 g/mol. The van der Waals surface area contributed by atoms with Crippen LogP contribution in [0.15, 0.2) is 0 Å². The molecule has 0 spiro atoms. The SMILES string of the molecule is CCC[CH2][Sn]([Cl])([Br])[CH2]CCC. The van der Waals surface area contributed by atoms with E-state index in [0.717, 1.165) is 0 Å². The van der Waals surface area contributed by atoms with Crippen LogP contribution in [0.2, 0.25) is 8.87 Å². The average Bonchev–Trinajstić information content (AvgIpc) is 1.97. The third-order valence-electron chi connectivity index (χ3n) is 1.79. The van der Waals surface area contributed by atoms with E-state index in [4.69, 9.17) is 8.92 Å². The fourth-order valence-electron chi connectivity index (χ4n) is 0.996. The molecule has 3 heteroatoms. The molecule has 0 nitrogen and oxygen atoms in total. The molecule has 0 aromatic heterocycles. The molecule has 0 aromatic carbocycles. The normalized spacial score (nSPS) is 12.0. The van der Waals surface area contributed by atoms with Crippen LogP contribution in [0.5, 0.6) is 0 Å². The summed E-state index contributed by atoms with van der Waals surface area (Å²) < 4.78 is 2.60. The molecular weight excluding hydrogens is 330 g/mol. The Balaban J connectivity index is 3.43. The summed E-state index contributed by atoms with van der Waals surface area (Å²) in [6.45, 7) is 4.46. The summed E-state index contributed by atoms with van der Waals surface area (Å²) in [6, 6.07) is 0. The third-order valence-corrected chi connectivity index (χ3v) is 15.8. The fraction of sp³-hybridized carbons (Fsp3) is 1.00. The average molecular weight is 348 g/mol. The molecule has 0 bridgehead atoms. The predicted molar refractivity (Wildman–Crippen MR) is 60.0 cm³/mol. The second-order valence-electron chi connectivity index (χ2n) is 3.06. The summed E-state index contributed by atoms with van der Waals surface area (Å²) in [7, 11) is 6.42. The maximum atomic E-state index is 6.42. The molecule has 0 aromatic rings.